The second-order valence-electron chi connectivity index (χ2n) is 7.28. The number of carbonyl (C=O) groups excluding carboxylic acids is 1. The zero-order chi connectivity index (χ0) is 19.1. The lowest BCUT2D eigenvalue weighted by Gasteiger charge is -2.40. The number of ether oxygens (including phenoxy) is 1. The van der Waals surface area contributed by atoms with E-state index in [1.807, 2.05) is 46.8 Å². The lowest BCUT2D eigenvalue weighted by molar-refractivity contribution is -0.139. The molecule has 2 aromatic heterocycles. The summed E-state index contributed by atoms with van der Waals surface area (Å²) in [4.78, 5) is 19.3. The number of amides is 1. The fraction of sp³-hybridized carbons (Fsp3) is 0.400. The molecule has 3 aromatic rings. The van der Waals surface area contributed by atoms with Gasteiger partial charge in [-0.3, -0.25) is 4.79 Å². The molecule has 1 amide bonds. The highest BCUT2D eigenvalue weighted by atomic mass is 16.5. The van der Waals surface area contributed by atoms with Gasteiger partial charge in [0.1, 0.15) is 5.76 Å². The normalized spacial score (nSPS) is 21.2. The largest absolute Gasteiger partial charge is 0.441 e. The fourth-order valence-corrected chi connectivity index (χ4v) is 3.97. The first-order valence-electron chi connectivity index (χ1n) is 9.49. The number of piperidine rings is 1. The first-order valence-corrected chi connectivity index (χ1v) is 9.49. The smallest absolute Gasteiger partial charge is 0.228 e. The van der Waals surface area contributed by atoms with E-state index in [0.29, 0.717) is 37.0 Å². The minimum atomic E-state index is -0.0508. The minimum Gasteiger partial charge on any atom is -0.441 e. The highest BCUT2D eigenvalue weighted by Crippen LogP contribution is 2.31. The number of oxazole rings is 1. The topological polar surface area (TPSA) is 86.3 Å². The maximum absolute atomic E-state index is 12.9. The first-order chi connectivity index (χ1) is 13.7. The molecular weight excluding hydrogens is 358 g/mol. The Labute approximate surface area is 162 Å². The van der Waals surface area contributed by atoms with Crippen LogP contribution in [0.15, 0.2) is 40.9 Å². The van der Waals surface area contributed by atoms with E-state index in [1.54, 1.807) is 6.20 Å². The second-order valence-corrected chi connectivity index (χ2v) is 7.28. The van der Waals surface area contributed by atoms with E-state index in [4.69, 9.17) is 9.15 Å². The van der Waals surface area contributed by atoms with Gasteiger partial charge in [0.25, 0.3) is 0 Å². The van der Waals surface area contributed by atoms with Crippen molar-refractivity contribution in [3.8, 4) is 11.5 Å². The van der Waals surface area contributed by atoms with Gasteiger partial charge in [-0.2, -0.15) is 0 Å². The van der Waals surface area contributed by atoms with Crippen LogP contribution in [-0.2, 0) is 22.6 Å². The van der Waals surface area contributed by atoms with Crippen molar-refractivity contribution in [2.75, 3.05) is 13.1 Å². The summed E-state index contributed by atoms with van der Waals surface area (Å²) in [6, 6.07) is 9.86. The van der Waals surface area contributed by atoms with Crippen LogP contribution in [0.4, 0.5) is 0 Å². The highest BCUT2D eigenvalue weighted by molar-refractivity contribution is 5.79. The number of fused-ring (bicyclic) bond motifs is 3. The molecule has 2 atom stereocenters. The SMILES string of the molecule is Cc1oc(-c2ccccc2)nc1CC(=O)N1CC[C@H]2[C@H](C1)OCc1cnnn12. The summed E-state index contributed by atoms with van der Waals surface area (Å²) < 4.78 is 13.7. The van der Waals surface area contributed by atoms with Crippen molar-refractivity contribution >= 4 is 5.91 Å². The number of carbonyl (C=O) groups is 1. The Morgan fingerprint density at radius 2 is 2.14 bits per heavy atom. The van der Waals surface area contributed by atoms with Crippen LogP contribution in [-0.4, -0.2) is 50.0 Å². The van der Waals surface area contributed by atoms with Crippen LogP contribution in [0.1, 0.15) is 29.6 Å². The molecule has 144 valence electrons. The Bertz CT molecular complexity index is 996. The van der Waals surface area contributed by atoms with Crippen molar-refractivity contribution in [1.29, 1.82) is 0 Å². The third-order valence-electron chi connectivity index (χ3n) is 5.52. The van der Waals surface area contributed by atoms with Crippen LogP contribution >= 0.6 is 0 Å². The van der Waals surface area contributed by atoms with Crippen LogP contribution in [0.3, 0.4) is 0 Å². The molecule has 0 saturated carbocycles. The monoisotopic (exact) mass is 379 g/mol. The summed E-state index contributed by atoms with van der Waals surface area (Å²) in [6.07, 6.45) is 2.73. The summed E-state index contributed by atoms with van der Waals surface area (Å²) in [7, 11) is 0. The molecule has 0 N–H and O–H groups in total. The molecule has 5 rings (SSSR count). The third kappa shape index (κ3) is 2.99. The molecule has 1 fully saturated rings. The summed E-state index contributed by atoms with van der Waals surface area (Å²) in [5, 5.41) is 8.16. The average Bonchev–Trinajstić information content (AvgIpc) is 3.35. The number of nitrogens with zero attached hydrogens (tertiary/aromatic N) is 5. The molecule has 1 aromatic carbocycles. The summed E-state index contributed by atoms with van der Waals surface area (Å²) in [5.41, 5.74) is 2.59. The number of hydrogen-bond donors (Lipinski definition) is 0. The minimum absolute atomic E-state index is 0.0439. The van der Waals surface area contributed by atoms with Gasteiger partial charge >= 0.3 is 0 Å². The van der Waals surface area contributed by atoms with E-state index in [1.165, 1.54) is 0 Å². The van der Waals surface area contributed by atoms with E-state index in [2.05, 4.69) is 15.3 Å². The van der Waals surface area contributed by atoms with E-state index in [-0.39, 0.29) is 24.5 Å². The van der Waals surface area contributed by atoms with Crippen molar-refractivity contribution < 1.29 is 13.9 Å². The van der Waals surface area contributed by atoms with Crippen LogP contribution < -0.4 is 0 Å². The molecular formula is C20H21N5O3. The van der Waals surface area contributed by atoms with Crippen LogP contribution in [0.25, 0.3) is 11.5 Å². The van der Waals surface area contributed by atoms with Gasteiger partial charge in [-0.15, -0.1) is 5.10 Å². The molecule has 0 spiro atoms. The van der Waals surface area contributed by atoms with Crippen LogP contribution in [0.2, 0.25) is 0 Å². The lowest BCUT2D eigenvalue weighted by Crippen LogP contribution is -2.50. The predicted octanol–water partition coefficient (Wildman–Crippen LogP) is 2.16. The summed E-state index contributed by atoms with van der Waals surface area (Å²) in [6.45, 7) is 3.57. The van der Waals surface area contributed by atoms with Gasteiger partial charge in [-0.1, -0.05) is 23.4 Å². The molecule has 0 aliphatic carbocycles. The van der Waals surface area contributed by atoms with Crippen molar-refractivity contribution in [2.45, 2.75) is 38.5 Å². The number of rotatable bonds is 3. The van der Waals surface area contributed by atoms with Crippen molar-refractivity contribution in [2.24, 2.45) is 0 Å². The lowest BCUT2D eigenvalue weighted by atomic mass is 9.99. The van der Waals surface area contributed by atoms with Crippen molar-refractivity contribution in [3.05, 3.63) is 53.7 Å². The molecule has 8 heteroatoms. The van der Waals surface area contributed by atoms with E-state index in [0.717, 1.165) is 17.7 Å². The maximum Gasteiger partial charge on any atom is 0.228 e. The number of likely N-dealkylation sites (tertiary alicyclic amines) is 1. The van der Waals surface area contributed by atoms with Crippen molar-refractivity contribution in [3.63, 3.8) is 0 Å². The van der Waals surface area contributed by atoms with Crippen LogP contribution in [0, 0.1) is 6.92 Å². The fourth-order valence-electron chi connectivity index (χ4n) is 3.97. The Morgan fingerprint density at radius 3 is 3.00 bits per heavy atom. The molecule has 2 aliphatic rings. The number of aryl methyl sites for hydroxylation is 1. The van der Waals surface area contributed by atoms with Gasteiger partial charge in [0, 0.05) is 18.7 Å². The Hall–Kier alpha value is -3.00. The van der Waals surface area contributed by atoms with Gasteiger partial charge < -0.3 is 14.1 Å². The quantitative estimate of drug-likeness (QED) is 0.693. The molecule has 1 saturated heterocycles. The van der Waals surface area contributed by atoms with Crippen molar-refractivity contribution in [1.82, 2.24) is 24.9 Å². The standard InChI is InChI=1S/C20H21N5O3/c1-13-16(22-20(28-13)14-5-3-2-4-6-14)9-19(26)24-8-7-17-18(11-24)27-12-15-10-21-23-25(15)17/h2-6,10,17-18H,7-9,11-12H2,1H3/t17-,18-/m0/s1. The first kappa shape index (κ1) is 17.1. The van der Waals surface area contributed by atoms with Crippen LogP contribution in [0.5, 0.6) is 0 Å². The molecule has 2 aliphatic heterocycles. The van der Waals surface area contributed by atoms with Gasteiger partial charge in [0.15, 0.2) is 0 Å². The van der Waals surface area contributed by atoms with E-state index >= 15 is 0 Å². The Kier molecular flexibility index (Phi) is 4.20. The van der Waals surface area contributed by atoms with Gasteiger partial charge in [-0.25, -0.2) is 9.67 Å². The Balaban J connectivity index is 1.28. The number of aromatic nitrogens is 4. The molecule has 0 bridgehead atoms. The molecule has 28 heavy (non-hydrogen) atoms. The van der Waals surface area contributed by atoms with E-state index in [9.17, 15) is 4.79 Å². The molecule has 8 nitrogen and oxygen atoms in total. The molecule has 0 unspecified atom stereocenters. The van der Waals surface area contributed by atoms with Gasteiger partial charge in [-0.05, 0) is 25.5 Å². The zero-order valence-corrected chi connectivity index (χ0v) is 15.6. The predicted molar refractivity (Wildman–Crippen MR) is 99.2 cm³/mol. The maximum atomic E-state index is 12.9. The second kappa shape index (κ2) is 6.87. The average molecular weight is 379 g/mol. The van der Waals surface area contributed by atoms with Gasteiger partial charge in [0.05, 0.1) is 42.8 Å². The van der Waals surface area contributed by atoms with Gasteiger partial charge in [0.2, 0.25) is 11.8 Å². The summed E-state index contributed by atoms with van der Waals surface area (Å²) in [5.74, 6) is 1.28. The number of benzene rings is 1. The highest BCUT2D eigenvalue weighted by Gasteiger charge is 2.37. The Morgan fingerprint density at radius 1 is 1.29 bits per heavy atom. The number of hydrogen-bond acceptors (Lipinski definition) is 6. The summed E-state index contributed by atoms with van der Waals surface area (Å²) >= 11 is 0. The zero-order valence-electron chi connectivity index (χ0n) is 15.6. The van der Waals surface area contributed by atoms with E-state index < -0.39 is 0 Å². The third-order valence-corrected chi connectivity index (χ3v) is 5.52. The molecule has 4 heterocycles. The molecule has 0 radical (unpaired) electrons.